The van der Waals surface area contributed by atoms with Crippen molar-refractivity contribution in [1.82, 2.24) is 10.9 Å². The number of carbonyl (C=O) groups excluding carboxylic acids is 3. The van der Waals surface area contributed by atoms with Gasteiger partial charge in [0.15, 0.2) is 16.4 Å². The molecule has 1 aliphatic heterocycles. The predicted octanol–water partition coefficient (Wildman–Crippen LogP) is 1.77. The highest BCUT2D eigenvalue weighted by atomic mass is 32.1. The van der Waals surface area contributed by atoms with Gasteiger partial charge in [-0.1, -0.05) is 18.2 Å². The molecule has 26 heavy (non-hydrogen) atoms. The molecule has 0 atom stereocenters. The van der Waals surface area contributed by atoms with Crippen LogP contribution in [0.3, 0.4) is 0 Å². The molecule has 2 aromatic rings. The summed E-state index contributed by atoms with van der Waals surface area (Å²) in [4.78, 5) is 36.8. The van der Waals surface area contributed by atoms with Gasteiger partial charge >= 0.3 is 5.97 Å². The molecule has 1 aliphatic rings. The molecular weight excluding hydrogens is 360 g/mol. The standard InChI is InChI=1S/C17H16N2O6S/c1-2-23-17(22)14-12-11(24-8-9-25-12)13(26-14)16(21)19-18-15(20)10-6-4-3-5-7-10/h3-7H,2,8-9H2,1H3,(H,18,20)(H,19,21). The highest BCUT2D eigenvalue weighted by Gasteiger charge is 2.32. The molecule has 0 spiro atoms. The lowest BCUT2D eigenvalue weighted by Crippen LogP contribution is -2.41. The summed E-state index contributed by atoms with van der Waals surface area (Å²) in [6, 6.07) is 8.43. The Kier molecular flexibility index (Phi) is 5.37. The predicted molar refractivity (Wildman–Crippen MR) is 92.6 cm³/mol. The number of fused-ring (bicyclic) bond motifs is 1. The Morgan fingerprint density at radius 2 is 1.62 bits per heavy atom. The van der Waals surface area contributed by atoms with Gasteiger partial charge in [0.05, 0.1) is 6.61 Å². The van der Waals surface area contributed by atoms with Crippen molar-refractivity contribution < 1.29 is 28.6 Å². The summed E-state index contributed by atoms with van der Waals surface area (Å²) in [5.41, 5.74) is 5.04. The van der Waals surface area contributed by atoms with Gasteiger partial charge in [-0.3, -0.25) is 20.4 Å². The summed E-state index contributed by atoms with van der Waals surface area (Å²) in [7, 11) is 0. The van der Waals surface area contributed by atoms with Crippen molar-refractivity contribution >= 4 is 29.1 Å². The number of hydrogen-bond acceptors (Lipinski definition) is 7. The van der Waals surface area contributed by atoms with Crippen LogP contribution in [0.5, 0.6) is 11.5 Å². The lowest BCUT2D eigenvalue weighted by molar-refractivity contribution is 0.0523. The molecular formula is C17H16N2O6S. The quantitative estimate of drug-likeness (QED) is 0.623. The maximum atomic E-state index is 12.4. The van der Waals surface area contributed by atoms with Crippen molar-refractivity contribution in [1.29, 1.82) is 0 Å². The second kappa shape index (κ2) is 7.87. The minimum absolute atomic E-state index is 0.121. The monoisotopic (exact) mass is 376 g/mol. The van der Waals surface area contributed by atoms with Crippen LogP contribution in [-0.4, -0.2) is 37.6 Å². The van der Waals surface area contributed by atoms with Gasteiger partial charge in [-0.2, -0.15) is 0 Å². The van der Waals surface area contributed by atoms with E-state index in [0.717, 1.165) is 11.3 Å². The number of hydrogen-bond donors (Lipinski definition) is 2. The topological polar surface area (TPSA) is 103 Å². The van der Waals surface area contributed by atoms with Crippen LogP contribution in [0.1, 0.15) is 36.6 Å². The molecule has 8 nitrogen and oxygen atoms in total. The molecule has 0 bridgehead atoms. The Bertz CT molecular complexity index is 833. The average Bonchev–Trinajstić information content (AvgIpc) is 3.06. The highest BCUT2D eigenvalue weighted by Crippen LogP contribution is 2.44. The third-order valence-electron chi connectivity index (χ3n) is 3.39. The fourth-order valence-corrected chi connectivity index (χ4v) is 3.24. The molecule has 2 amide bonds. The minimum Gasteiger partial charge on any atom is -0.484 e. The van der Waals surface area contributed by atoms with Gasteiger partial charge in [0.25, 0.3) is 11.8 Å². The molecule has 9 heteroatoms. The molecule has 0 saturated heterocycles. The number of hydrazine groups is 1. The number of amides is 2. The Hall–Kier alpha value is -3.07. The summed E-state index contributed by atoms with van der Waals surface area (Å²) in [6.07, 6.45) is 0. The molecule has 0 saturated carbocycles. The van der Waals surface area contributed by atoms with E-state index in [1.807, 2.05) is 0 Å². The van der Waals surface area contributed by atoms with Crippen molar-refractivity contribution in [3.8, 4) is 11.5 Å². The molecule has 1 aromatic carbocycles. The Morgan fingerprint density at radius 1 is 1.00 bits per heavy atom. The SMILES string of the molecule is CCOC(=O)c1sc(C(=O)NNC(=O)c2ccccc2)c2c1OCCO2. The number of thiophene rings is 1. The summed E-state index contributed by atoms with van der Waals surface area (Å²) in [5, 5.41) is 0. The normalized spacial score (nSPS) is 12.2. The first-order chi connectivity index (χ1) is 12.6. The third kappa shape index (κ3) is 3.62. The Morgan fingerprint density at radius 3 is 2.27 bits per heavy atom. The van der Waals surface area contributed by atoms with E-state index in [9.17, 15) is 14.4 Å². The summed E-state index contributed by atoms with van der Waals surface area (Å²) >= 11 is 0.891. The molecule has 2 N–H and O–H groups in total. The van der Waals surface area contributed by atoms with Gasteiger partial charge in [0.2, 0.25) is 0 Å². The van der Waals surface area contributed by atoms with Gasteiger partial charge in [-0.15, -0.1) is 11.3 Å². The summed E-state index contributed by atoms with van der Waals surface area (Å²) < 4.78 is 15.9. The number of esters is 1. The lowest BCUT2D eigenvalue weighted by atomic mass is 10.2. The molecule has 0 aliphatic carbocycles. The molecule has 0 fully saturated rings. The largest absolute Gasteiger partial charge is 0.484 e. The van der Waals surface area contributed by atoms with Crippen molar-refractivity contribution in [3.05, 3.63) is 45.6 Å². The first-order valence-corrected chi connectivity index (χ1v) is 8.68. The molecule has 136 valence electrons. The second-order valence-corrected chi connectivity index (χ2v) is 6.13. The molecule has 0 unspecified atom stereocenters. The third-order valence-corrected chi connectivity index (χ3v) is 4.52. The van der Waals surface area contributed by atoms with E-state index in [-0.39, 0.29) is 41.1 Å². The van der Waals surface area contributed by atoms with Crippen LogP contribution in [0.2, 0.25) is 0 Å². The van der Waals surface area contributed by atoms with Crippen LogP contribution in [-0.2, 0) is 4.74 Å². The first-order valence-electron chi connectivity index (χ1n) is 7.87. The van der Waals surface area contributed by atoms with E-state index in [1.54, 1.807) is 37.3 Å². The van der Waals surface area contributed by atoms with Gasteiger partial charge < -0.3 is 14.2 Å². The van der Waals surface area contributed by atoms with Crippen LogP contribution >= 0.6 is 11.3 Å². The van der Waals surface area contributed by atoms with Crippen LogP contribution < -0.4 is 20.3 Å². The van der Waals surface area contributed by atoms with Gasteiger partial charge in [0.1, 0.15) is 18.1 Å². The van der Waals surface area contributed by atoms with Crippen molar-refractivity contribution in [2.24, 2.45) is 0 Å². The van der Waals surface area contributed by atoms with E-state index >= 15 is 0 Å². The zero-order valence-corrected chi connectivity index (χ0v) is 14.7. The zero-order valence-electron chi connectivity index (χ0n) is 13.9. The van der Waals surface area contributed by atoms with Crippen molar-refractivity contribution in [2.45, 2.75) is 6.92 Å². The van der Waals surface area contributed by atoms with E-state index in [1.165, 1.54) is 0 Å². The van der Waals surface area contributed by atoms with Crippen LogP contribution in [0.4, 0.5) is 0 Å². The van der Waals surface area contributed by atoms with E-state index in [0.29, 0.717) is 5.56 Å². The van der Waals surface area contributed by atoms with E-state index in [2.05, 4.69) is 10.9 Å². The average molecular weight is 376 g/mol. The molecule has 2 heterocycles. The van der Waals surface area contributed by atoms with E-state index < -0.39 is 17.8 Å². The van der Waals surface area contributed by atoms with Crippen molar-refractivity contribution in [2.75, 3.05) is 19.8 Å². The molecule has 1 aromatic heterocycles. The maximum absolute atomic E-state index is 12.4. The van der Waals surface area contributed by atoms with Crippen LogP contribution in [0.15, 0.2) is 30.3 Å². The number of benzene rings is 1. The lowest BCUT2D eigenvalue weighted by Gasteiger charge is -2.16. The van der Waals surface area contributed by atoms with Gasteiger partial charge in [-0.05, 0) is 19.1 Å². The summed E-state index contributed by atoms with van der Waals surface area (Å²) in [6.45, 7) is 2.40. The molecule has 0 radical (unpaired) electrons. The highest BCUT2D eigenvalue weighted by molar-refractivity contribution is 7.16. The Labute approximate surface area is 153 Å². The van der Waals surface area contributed by atoms with E-state index in [4.69, 9.17) is 14.2 Å². The number of carbonyl (C=O) groups is 3. The minimum atomic E-state index is -0.614. The second-order valence-electron chi connectivity index (χ2n) is 5.11. The molecule has 3 rings (SSSR count). The van der Waals surface area contributed by atoms with Crippen molar-refractivity contribution in [3.63, 3.8) is 0 Å². The number of nitrogens with one attached hydrogen (secondary N) is 2. The van der Waals surface area contributed by atoms with Gasteiger partial charge in [0, 0.05) is 5.56 Å². The number of ether oxygens (including phenoxy) is 3. The van der Waals surface area contributed by atoms with Crippen LogP contribution in [0.25, 0.3) is 0 Å². The zero-order chi connectivity index (χ0) is 18.5. The number of rotatable bonds is 4. The first kappa shape index (κ1) is 17.7. The summed E-state index contributed by atoms with van der Waals surface area (Å²) in [5.74, 6) is -1.30. The maximum Gasteiger partial charge on any atom is 0.352 e. The Balaban J connectivity index is 1.77. The fraction of sp³-hybridized carbons (Fsp3) is 0.235. The smallest absolute Gasteiger partial charge is 0.352 e. The van der Waals surface area contributed by atoms with Crippen LogP contribution in [0, 0.1) is 0 Å². The van der Waals surface area contributed by atoms with Gasteiger partial charge in [-0.25, -0.2) is 4.79 Å². The fourth-order valence-electron chi connectivity index (χ4n) is 2.26.